The lowest BCUT2D eigenvalue weighted by molar-refractivity contribution is 0.0662. The summed E-state index contributed by atoms with van der Waals surface area (Å²) >= 11 is 0. The van der Waals surface area contributed by atoms with Crippen molar-refractivity contribution in [3.05, 3.63) is 59.7 Å². The number of rotatable bonds is 12. The van der Waals surface area contributed by atoms with Crippen LogP contribution in [0.2, 0.25) is 0 Å². The number of unbranched alkanes of at least 4 members (excludes halogenated alkanes) is 3. The molecule has 0 saturated carbocycles. The molecule has 1 unspecified atom stereocenters. The molecule has 0 aliphatic rings. The number of ether oxygens (including phenoxy) is 3. The summed E-state index contributed by atoms with van der Waals surface area (Å²) in [6, 6.07) is 14.5. The van der Waals surface area contributed by atoms with Gasteiger partial charge in [-0.1, -0.05) is 45.2 Å². The quantitative estimate of drug-likeness (QED) is 0.243. The summed E-state index contributed by atoms with van der Waals surface area (Å²) < 4.78 is 16.9. The third-order valence-electron chi connectivity index (χ3n) is 4.49. The molecule has 2 rings (SSSR count). The number of carbonyl (C=O) groups is 1. The molecular weight excluding hydrogens is 352 g/mol. The van der Waals surface area contributed by atoms with Crippen LogP contribution in [0.25, 0.3) is 0 Å². The number of hydrogen-bond acceptors (Lipinski definition) is 4. The lowest BCUT2D eigenvalue weighted by Gasteiger charge is -2.13. The first-order chi connectivity index (χ1) is 13.6. The molecule has 4 nitrogen and oxygen atoms in total. The van der Waals surface area contributed by atoms with Crippen molar-refractivity contribution in [3.63, 3.8) is 0 Å². The van der Waals surface area contributed by atoms with Gasteiger partial charge in [-0.3, -0.25) is 0 Å². The van der Waals surface area contributed by atoms with Crippen molar-refractivity contribution in [3.8, 4) is 11.5 Å². The molecular formula is C24H32O4. The average Bonchev–Trinajstić information content (AvgIpc) is 2.72. The van der Waals surface area contributed by atoms with E-state index in [4.69, 9.17) is 14.2 Å². The molecule has 0 bridgehead atoms. The predicted octanol–water partition coefficient (Wildman–Crippen LogP) is 6.35. The summed E-state index contributed by atoms with van der Waals surface area (Å²) in [7, 11) is 0. The maximum atomic E-state index is 12.3. The van der Waals surface area contributed by atoms with Gasteiger partial charge in [0.25, 0.3) is 0 Å². The maximum absolute atomic E-state index is 12.3. The lowest BCUT2D eigenvalue weighted by Crippen LogP contribution is -2.08. The Labute approximate surface area is 168 Å². The molecule has 1 atom stereocenters. The molecule has 0 amide bonds. The van der Waals surface area contributed by atoms with E-state index in [0.717, 1.165) is 30.8 Å². The average molecular weight is 385 g/mol. The first-order valence-corrected chi connectivity index (χ1v) is 10.3. The molecule has 28 heavy (non-hydrogen) atoms. The normalized spacial score (nSPS) is 11.8. The lowest BCUT2D eigenvalue weighted by atomic mass is 10.1. The summed E-state index contributed by atoms with van der Waals surface area (Å²) in [5, 5.41) is 0. The van der Waals surface area contributed by atoms with E-state index in [-0.39, 0.29) is 12.1 Å². The van der Waals surface area contributed by atoms with Crippen LogP contribution in [0.3, 0.4) is 0 Å². The van der Waals surface area contributed by atoms with E-state index < -0.39 is 0 Å². The highest BCUT2D eigenvalue weighted by Crippen LogP contribution is 2.21. The maximum Gasteiger partial charge on any atom is 0.343 e. The highest BCUT2D eigenvalue weighted by atomic mass is 16.5. The van der Waals surface area contributed by atoms with Gasteiger partial charge in [-0.05, 0) is 61.7 Å². The minimum atomic E-state index is -0.377. The molecule has 2 aromatic rings. The zero-order valence-electron chi connectivity index (χ0n) is 17.3. The molecule has 0 radical (unpaired) electrons. The van der Waals surface area contributed by atoms with E-state index in [1.807, 2.05) is 31.2 Å². The van der Waals surface area contributed by atoms with Gasteiger partial charge in [-0.2, -0.15) is 0 Å². The van der Waals surface area contributed by atoms with Gasteiger partial charge in [0.15, 0.2) is 0 Å². The summed E-state index contributed by atoms with van der Waals surface area (Å²) in [4.78, 5) is 12.3. The van der Waals surface area contributed by atoms with Crippen molar-refractivity contribution in [1.29, 1.82) is 0 Å². The second-order valence-electron chi connectivity index (χ2n) is 6.91. The zero-order valence-corrected chi connectivity index (χ0v) is 17.3. The van der Waals surface area contributed by atoms with Crippen molar-refractivity contribution in [2.75, 3.05) is 13.2 Å². The van der Waals surface area contributed by atoms with Crippen molar-refractivity contribution >= 4 is 5.97 Å². The van der Waals surface area contributed by atoms with Crippen LogP contribution in [0.1, 0.15) is 74.9 Å². The Bertz CT molecular complexity index is 692. The van der Waals surface area contributed by atoms with Crippen LogP contribution in [0.5, 0.6) is 11.5 Å². The van der Waals surface area contributed by atoms with Crippen LogP contribution >= 0.6 is 0 Å². The number of benzene rings is 2. The largest absolute Gasteiger partial charge is 0.494 e. The first kappa shape index (κ1) is 22.0. The Balaban J connectivity index is 1.83. The molecule has 0 N–H and O–H groups in total. The standard InChI is InChI=1S/C24H32O4/c1-4-6-7-8-18-27-22-13-11-21(12-14-22)24(25)28-23-15-9-20(10-16-23)19(3)26-17-5-2/h9-16,19H,4-8,17-18H2,1-3H3. The third-order valence-corrected chi connectivity index (χ3v) is 4.49. The minimum Gasteiger partial charge on any atom is -0.494 e. The van der Waals surface area contributed by atoms with Gasteiger partial charge < -0.3 is 14.2 Å². The van der Waals surface area contributed by atoms with Crippen molar-refractivity contribution < 1.29 is 19.0 Å². The molecule has 0 saturated heterocycles. The zero-order chi connectivity index (χ0) is 20.2. The monoisotopic (exact) mass is 384 g/mol. The summed E-state index contributed by atoms with van der Waals surface area (Å²) in [6.45, 7) is 7.73. The van der Waals surface area contributed by atoms with E-state index >= 15 is 0 Å². The SMILES string of the molecule is CCCCCCOc1ccc(C(=O)Oc2ccc(C(C)OCCC)cc2)cc1. The van der Waals surface area contributed by atoms with E-state index in [1.54, 1.807) is 24.3 Å². The van der Waals surface area contributed by atoms with Gasteiger partial charge in [0, 0.05) is 6.61 Å². The van der Waals surface area contributed by atoms with Crippen LogP contribution in [0.4, 0.5) is 0 Å². The molecule has 2 aromatic carbocycles. The fourth-order valence-corrected chi connectivity index (χ4v) is 2.77. The van der Waals surface area contributed by atoms with Gasteiger partial charge in [0.2, 0.25) is 0 Å². The van der Waals surface area contributed by atoms with Crippen LogP contribution in [-0.2, 0) is 4.74 Å². The molecule has 152 valence electrons. The topological polar surface area (TPSA) is 44.8 Å². The number of carbonyl (C=O) groups excluding carboxylic acids is 1. The van der Waals surface area contributed by atoms with E-state index in [0.29, 0.717) is 17.9 Å². The van der Waals surface area contributed by atoms with E-state index in [9.17, 15) is 4.79 Å². The van der Waals surface area contributed by atoms with Crippen molar-refractivity contribution in [2.45, 2.75) is 59.0 Å². The van der Waals surface area contributed by atoms with Gasteiger partial charge in [-0.25, -0.2) is 4.79 Å². The Morgan fingerprint density at radius 2 is 1.50 bits per heavy atom. The number of hydrogen-bond donors (Lipinski definition) is 0. The van der Waals surface area contributed by atoms with Crippen molar-refractivity contribution in [2.24, 2.45) is 0 Å². The summed E-state index contributed by atoms with van der Waals surface area (Å²) in [5.41, 5.74) is 1.57. The van der Waals surface area contributed by atoms with Gasteiger partial charge >= 0.3 is 5.97 Å². The highest BCUT2D eigenvalue weighted by Gasteiger charge is 2.10. The molecule has 0 heterocycles. The molecule has 0 aromatic heterocycles. The Hall–Kier alpha value is -2.33. The van der Waals surface area contributed by atoms with Crippen LogP contribution in [0, 0.1) is 0 Å². The molecule has 0 aliphatic heterocycles. The highest BCUT2D eigenvalue weighted by molar-refractivity contribution is 5.91. The van der Waals surface area contributed by atoms with Crippen LogP contribution in [-0.4, -0.2) is 19.2 Å². The fourth-order valence-electron chi connectivity index (χ4n) is 2.77. The molecule has 0 fully saturated rings. The van der Waals surface area contributed by atoms with Gasteiger partial charge in [0.1, 0.15) is 11.5 Å². The second kappa shape index (κ2) is 12.2. The van der Waals surface area contributed by atoms with E-state index in [2.05, 4.69) is 13.8 Å². The molecule has 4 heteroatoms. The summed E-state index contributed by atoms with van der Waals surface area (Å²) in [6.07, 6.45) is 5.70. The molecule has 0 aliphatic carbocycles. The fraction of sp³-hybridized carbons (Fsp3) is 0.458. The van der Waals surface area contributed by atoms with Crippen LogP contribution in [0.15, 0.2) is 48.5 Å². The Morgan fingerprint density at radius 3 is 2.14 bits per heavy atom. The van der Waals surface area contributed by atoms with Crippen molar-refractivity contribution in [1.82, 2.24) is 0 Å². The third kappa shape index (κ3) is 7.35. The van der Waals surface area contributed by atoms with Crippen LogP contribution < -0.4 is 9.47 Å². The minimum absolute atomic E-state index is 0.0271. The van der Waals surface area contributed by atoms with Gasteiger partial charge in [-0.15, -0.1) is 0 Å². The first-order valence-electron chi connectivity index (χ1n) is 10.3. The Kier molecular flexibility index (Phi) is 9.56. The Morgan fingerprint density at radius 1 is 0.821 bits per heavy atom. The molecule has 0 spiro atoms. The summed E-state index contributed by atoms with van der Waals surface area (Å²) in [5.74, 6) is 0.920. The smallest absolute Gasteiger partial charge is 0.343 e. The van der Waals surface area contributed by atoms with Gasteiger partial charge in [0.05, 0.1) is 18.3 Å². The number of esters is 1. The second-order valence-corrected chi connectivity index (χ2v) is 6.91. The predicted molar refractivity (Wildman–Crippen MR) is 112 cm³/mol. The van der Waals surface area contributed by atoms with E-state index in [1.165, 1.54) is 19.3 Å².